The van der Waals surface area contributed by atoms with Crippen LogP contribution in [0.15, 0.2) is 36.7 Å². The van der Waals surface area contributed by atoms with E-state index in [4.69, 9.17) is 0 Å². The average Bonchev–Trinajstić information content (AvgIpc) is 3.08. The Labute approximate surface area is 137 Å². The lowest BCUT2D eigenvalue weighted by Crippen LogP contribution is -2.39. The van der Waals surface area contributed by atoms with Crippen LogP contribution >= 0.6 is 0 Å². The molecule has 0 aliphatic carbocycles. The summed E-state index contributed by atoms with van der Waals surface area (Å²) in [6.45, 7) is 1.67. The van der Waals surface area contributed by atoms with Gasteiger partial charge in [-0.05, 0) is 43.0 Å². The van der Waals surface area contributed by atoms with Gasteiger partial charge in [0.2, 0.25) is 0 Å². The van der Waals surface area contributed by atoms with Gasteiger partial charge in [-0.15, -0.1) is 0 Å². The van der Waals surface area contributed by atoms with Crippen molar-refractivity contribution in [2.75, 3.05) is 32.1 Å². The summed E-state index contributed by atoms with van der Waals surface area (Å²) >= 11 is 0. The number of H-pyrrole nitrogens is 1. The summed E-state index contributed by atoms with van der Waals surface area (Å²) in [5.41, 5.74) is 1.89. The molecule has 0 atom stereocenters. The third kappa shape index (κ3) is 3.73. The summed E-state index contributed by atoms with van der Waals surface area (Å²) in [4.78, 5) is 24.1. The number of piperidine rings is 1. The molecule has 23 heavy (non-hydrogen) atoms. The molecule has 1 fully saturated rings. The normalized spacial score (nSPS) is 15.7. The average molecular weight is 312 g/mol. The number of imidazole rings is 1. The molecule has 0 saturated carbocycles. The van der Waals surface area contributed by atoms with Gasteiger partial charge in [-0.2, -0.15) is 0 Å². The molecule has 1 aromatic carbocycles. The predicted molar refractivity (Wildman–Crippen MR) is 91.7 cm³/mol. The number of hydrogen-bond acceptors (Lipinski definition) is 3. The number of hydrogen-bond donors (Lipinski definition) is 1. The lowest BCUT2D eigenvalue weighted by Gasteiger charge is -2.31. The largest absolute Gasteiger partial charge is 0.378 e. The lowest BCUT2D eigenvalue weighted by molar-refractivity contribution is 0.0690. The van der Waals surface area contributed by atoms with E-state index in [1.54, 1.807) is 6.20 Å². The molecule has 1 aliphatic heterocycles. The maximum Gasteiger partial charge on any atom is 0.253 e. The van der Waals surface area contributed by atoms with E-state index in [-0.39, 0.29) is 5.91 Å². The molecule has 0 spiro atoms. The molecule has 3 rings (SSSR count). The number of nitrogens with zero attached hydrogens (tertiary/aromatic N) is 3. The van der Waals surface area contributed by atoms with Crippen molar-refractivity contribution >= 4 is 11.6 Å². The third-order valence-corrected chi connectivity index (χ3v) is 4.57. The molecule has 1 saturated heterocycles. The molecule has 1 aliphatic rings. The number of anilines is 1. The Hall–Kier alpha value is -2.30. The highest BCUT2D eigenvalue weighted by molar-refractivity contribution is 5.94. The van der Waals surface area contributed by atoms with Crippen LogP contribution in [0.4, 0.5) is 5.69 Å². The fraction of sp³-hybridized carbons (Fsp3) is 0.444. The highest BCUT2D eigenvalue weighted by Gasteiger charge is 2.24. The Kier molecular flexibility index (Phi) is 4.65. The number of rotatable bonds is 4. The standard InChI is InChI=1S/C18H24N4O/c1-21(2)16-5-3-15(4-6-16)18(23)22-11-7-14(8-12-22)13-17-19-9-10-20-17/h3-6,9-10,14H,7-8,11-13H2,1-2H3,(H,19,20). The van der Waals surface area contributed by atoms with Gasteiger partial charge in [0, 0.05) is 57.3 Å². The van der Waals surface area contributed by atoms with E-state index in [0.29, 0.717) is 5.92 Å². The summed E-state index contributed by atoms with van der Waals surface area (Å²) in [7, 11) is 4.00. The molecule has 1 N–H and O–H groups in total. The fourth-order valence-corrected chi connectivity index (χ4v) is 3.11. The van der Waals surface area contributed by atoms with Crippen molar-refractivity contribution in [1.82, 2.24) is 14.9 Å². The van der Waals surface area contributed by atoms with E-state index < -0.39 is 0 Å². The summed E-state index contributed by atoms with van der Waals surface area (Å²) in [5.74, 6) is 1.81. The maximum atomic E-state index is 12.6. The Morgan fingerprint density at radius 3 is 2.52 bits per heavy atom. The third-order valence-electron chi connectivity index (χ3n) is 4.57. The molecule has 2 heterocycles. The van der Waals surface area contributed by atoms with Crippen molar-refractivity contribution in [2.24, 2.45) is 5.92 Å². The highest BCUT2D eigenvalue weighted by Crippen LogP contribution is 2.22. The highest BCUT2D eigenvalue weighted by atomic mass is 16.2. The smallest absolute Gasteiger partial charge is 0.253 e. The van der Waals surface area contributed by atoms with E-state index in [2.05, 4.69) is 9.97 Å². The number of carbonyl (C=O) groups excluding carboxylic acids is 1. The summed E-state index contributed by atoms with van der Waals surface area (Å²) in [6, 6.07) is 7.84. The zero-order chi connectivity index (χ0) is 16.2. The zero-order valence-electron chi connectivity index (χ0n) is 13.8. The van der Waals surface area contributed by atoms with Crippen LogP contribution in [0.2, 0.25) is 0 Å². The van der Waals surface area contributed by atoms with Crippen LogP contribution in [0.5, 0.6) is 0 Å². The Bertz CT molecular complexity index is 626. The molecule has 0 radical (unpaired) electrons. The first-order valence-electron chi connectivity index (χ1n) is 8.18. The molecule has 2 aromatic rings. The van der Waals surface area contributed by atoms with Crippen molar-refractivity contribution in [1.29, 1.82) is 0 Å². The number of aromatic nitrogens is 2. The molecule has 0 unspecified atom stereocenters. The SMILES string of the molecule is CN(C)c1ccc(C(=O)N2CCC(Cc3ncc[nH]3)CC2)cc1. The molecule has 1 aromatic heterocycles. The first-order valence-corrected chi connectivity index (χ1v) is 8.18. The van der Waals surface area contributed by atoms with Gasteiger partial charge in [-0.3, -0.25) is 4.79 Å². The van der Waals surface area contributed by atoms with Crippen LogP contribution in [0.1, 0.15) is 29.0 Å². The minimum Gasteiger partial charge on any atom is -0.378 e. The first kappa shape index (κ1) is 15.6. The van der Waals surface area contributed by atoms with Crippen LogP contribution in [0.3, 0.4) is 0 Å². The van der Waals surface area contributed by atoms with Gasteiger partial charge in [0.15, 0.2) is 0 Å². The van der Waals surface area contributed by atoms with Crippen molar-refractivity contribution in [3.05, 3.63) is 48.0 Å². The van der Waals surface area contributed by atoms with E-state index >= 15 is 0 Å². The van der Waals surface area contributed by atoms with Crippen LogP contribution in [-0.4, -0.2) is 48.0 Å². The van der Waals surface area contributed by atoms with Crippen LogP contribution in [0.25, 0.3) is 0 Å². The summed E-state index contributed by atoms with van der Waals surface area (Å²) < 4.78 is 0. The molecular weight excluding hydrogens is 288 g/mol. The van der Waals surface area contributed by atoms with Crippen molar-refractivity contribution < 1.29 is 4.79 Å². The number of carbonyl (C=O) groups is 1. The summed E-state index contributed by atoms with van der Waals surface area (Å²) in [5, 5.41) is 0. The van der Waals surface area contributed by atoms with Crippen LogP contribution in [-0.2, 0) is 6.42 Å². The van der Waals surface area contributed by atoms with Crippen molar-refractivity contribution in [3.63, 3.8) is 0 Å². The fourth-order valence-electron chi connectivity index (χ4n) is 3.11. The van der Waals surface area contributed by atoms with E-state index in [9.17, 15) is 4.79 Å². The van der Waals surface area contributed by atoms with Crippen LogP contribution in [0, 0.1) is 5.92 Å². The van der Waals surface area contributed by atoms with Gasteiger partial charge in [-0.1, -0.05) is 0 Å². The Balaban J connectivity index is 1.55. The summed E-state index contributed by atoms with van der Waals surface area (Å²) in [6.07, 6.45) is 6.73. The number of benzene rings is 1. The number of amides is 1. The van der Waals surface area contributed by atoms with Gasteiger partial charge in [0.25, 0.3) is 5.91 Å². The molecular formula is C18H24N4O. The Morgan fingerprint density at radius 2 is 1.96 bits per heavy atom. The number of aromatic amines is 1. The lowest BCUT2D eigenvalue weighted by atomic mass is 9.93. The monoisotopic (exact) mass is 312 g/mol. The molecule has 0 bridgehead atoms. The second-order valence-corrected chi connectivity index (χ2v) is 6.42. The topological polar surface area (TPSA) is 52.2 Å². The van der Waals surface area contributed by atoms with E-state index in [1.165, 1.54) is 0 Å². The van der Waals surface area contributed by atoms with E-state index in [0.717, 1.165) is 49.4 Å². The first-order chi connectivity index (χ1) is 11.1. The molecule has 1 amide bonds. The van der Waals surface area contributed by atoms with Crippen molar-refractivity contribution in [3.8, 4) is 0 Å². The van der Waals surface area contributed by atoms with Gasteiger partial charge in [-0.25, -0.2) is 4.98 Å². The minimum absolute atomic E-state index is 0.145. The minimum atomic E-state index is 0.145. The zero-order valence-corrected chi connectivity index (χ0v) is 13.8. The van der Waals surface area contributed by atoms with Crippen molar-refractivity contribution in [2.45, 2.75) is 19.3 Å². The second kappa shape index (κ2) is 6.86. The predicted octanol–water partition coefficient (Wildman–Crippen LogP) is 2.57. The van der Waals surface area contributed by atoms with E-state index in [1.807, 2.05) is 54.4 Å². The Morgan fingerprint density at radius 1 is 1.26 bits per heavy atom. The second-order valence-electron chi connectivity index (χ2n) is 6.42. The number of likely N-dealkylation sites (tertiary alicyclic amines) is 1. The van der Waals surface area contributed by atoms with Gasteiger partial charge < -0.3 is 14.8 Å². The van der Waals surface area contributed by atoms with Gasteiger partial charge >= 0.3 is 0 Å². The number of nitrogens with one attached hydrogen (secondary N) is 1. The molecule has 5 heteroatoms. The quantitative estimate of drug-likeness (QED) is 0.944. The maximum absolute atomic E-state index is 12.6. The van der Waals surface area contributed by atoms with Gasteiger partial charge in [0.05, 0.1) is 0 Å². The van der Waals surface area contributed by atoms with Crippen LogP contribution < -0.4 is 4.90 Å². The molecule has 122 valence electrons. The molecule has 5 nitrogen and oxygen atoms in total. The van der Waals surface area contributed by atoms with Gasteiger partial charge in [0.1, 0.15) is 5.82 Å².